The van der Waals surface area contributed by atoms with Crippen LogP contribution in [0.4, 0.5) is 5.69 Å². The van der Waals surface area contributed by atoms with E-state index in [-0.39, 0.29) is 5.54 Å². The first-order valence-electron chi connectivity index (χ1n) is 4.57. The number of anilines is 1. The van der Waals surface area contributed by atoms with Crippen molar-refractivity contribution < 1.29 is 0 Å². The molecule has 0 spiro atoms. The molecule has 0 radical (unpaired) electrons. The molecule has 0 saturated carbocycles. The molecule has 0 unspecified atom stereocenters. The molecule has 1 fully saturated rings. The first-order valence-corrected chi connectivity index (χ1v) is 4.57. The maximum Gasteiger partial charge on any atom is 0.163 e. The van der Waals surface area contributed by atoms with Crippen LogP contribution in [0.5, 0.6) is 0 Å². The summed E-state index contributed by atoms with van der Waals surface area (Å²) in [6.45, 7) is 3.97. The SMILES string of the molecule is CC1(Nc2cccnc2C#N)CNC1. The first kappa shape index (κ1) is 8.97. The van der Waals surface area contributed by atoms with E-state index >= 15 is 0 Å². The molecule has 0 aromatic carbocycles. The van der Waals surface area contributed by atoms with Crippen molar-refractivity contribution in [2.75, 3.05) is 18.4 Å². The molecule has 0 aliphatic carbocycles. The number of nitriles is 1. The van der Waals surface area contributed by atoms with E-state index < -0.39 is 0 Å². The minimum Gasteiger partial charge on any atom is -0.375 e. The lowest BCUT2D eigenvalue weighted by Crippen LogP contribution is -2.62. The molecule has 0 atom stereocenters. The van der Waals surface area contributed by atoms with Crippen LogP contribution in [0.25, 0.3) is 0 Å². The van der Waals surface area contributed by atoms with E-state index in [1.54, 1.807) is 6.20 Å². The number of nitrogens with zero attached hydrogens (tertiary/aromatic N) is 2. The summed E-state index contributed by atoms with van der Waals surface area (Å²) in [6, 6.07) is 5.79. The zero-order valence-corrected chi connectivity index (χ0v) is 8.04. The van der Waals surface area contributed by atoms with Crippen LogP contribution in [-0.2, 0) is 0 Å². The maximum absolute atomic E-state index is 8.84. The van der Waals surface area contributed by atoms with E-state index in [2.05, 4.69) is 28.6 Å². The molecule has 1 aromatic rings. The van der Waals surface area contributed by atoms with Gasteiger partial charge in [0.05, 0.1) is 11.2 Å². The standard InChI is InChI=1S/C10H12N4/c1-10(6-12-7-10)14-8-3-2-4-13-9(8)5-11/h2-4,12,14H,6-7H2,1H3. The second-order valence-electron chi connectivity index (χ2n) is 3.80. The first-order chi connectivity index (χ1) is 6.73. The number of aromatic nitrogens is 1. The van der Waals surface area contributed by atoms with Crippen molar-refractivity contribution >= 4 is 5.69 Å². The molecule has 4 nitrogen and oxygen atoms in total. The second kappa shape index (κ2) is 3.28. The van der Waals surface area contributed by atoms with Gasteiger partial charge in [-0.3, -0.25) is 0 Å². The van der Waals surface area contributed by atoms with E-state index in [1.165, 1.54) is 0 Å². The Morgan fingerprint density at radius 3 is 3.00 bits per heavy atom. The molecule has 14 heavy (non-hydrogen) atoms. The highest BCUT2D eigenvalue weighted by atomic mass is 15.1. The maximum atomic E-state index is 8.84. The highest BCUT2D eigenvalue weighted by molar-refractivity contribution is 5.55. The molecule has 72 valence electrons. The molecule has 0 bridgehead atoms. The van der Waals surface area contributed by atoms with Gasteiger partial charge in [0.25, 0.3) is 0 Å². The third kappa shape index (κ3) is 1.54. The Bertz CT molecular complexity index is 376. The summed E-state index contributed by atoms with van der Waals surface area (Å²) in [7, 11) is 0. The van der Waals surface area contributed by atoms with Gasteiger partial charge in [-0.05, 0) is 19.1 Å². The van der Waals surface area contributed by atoms with Gasteiger partial charge < -0.3 is 10.6 Å². The molecule has 1 aliphatic rings. The smallest absolute Gasteiger partial charge is 0.163 e. The van der Waals surface area contributed by atoms with Gasteiger partial charge in [-0.25, -0.2) is 4.98 Å². The number of rotatable bonds is 2. The highest BCUT2D eigenvalue weighted by Crippen LogP contribution is 2.20. The summed E-state index contributed by atoms with van der Waals surface area (Å²) in [5, 5.41) is 15.4. The lowest BCUT2D eigenvalue weighted by atomic mass is 9.95. The fraction of sp³-hybridized carbons (Fsp3) is 0.400. The minimum absolute atomic E-state index is 0.0641. The average Bonchev–Trinajstić information content (AvgIpc) is 2.16. The Kier molecular flexibility index (Phi) is 2.10. The molecular weight excluding hydrogens is 176 g/mol. The summed E-state index contributed by atoms with van der Waals surface area (Å²) in [5.74, 6) is 0. The van der Waals surface area contributed by atoms with Crippen molar-refractivity contribution in [1.29, 1.82) is 5.26 Å². The summed E-state index contributed by atoms with van der Waals surface area (Å²) in [5.41, 5.74) is 1.34. The summed E-state index contributed by atoms with van der Waals surface area (Å²) in [6.07, 6.45) is 1.63. The molecule has 2 heterocycles. The molecular formula is C10H12N4. The van der Waals surface area contributed by atoms with E-state index in [4.69, 9.17) is 5.26 Å². The quantitative estimate of drug-likeness (QED) is 0.718. The predicted octanol–water partition coefficient (Wildman–Crippen LogP) is 0.727. The number of hydrogen-bond donors (Lipinski definition) is 2. The zero-order valence-electron chi connectivity index (χ0n) is 8.04. The Hall–Kier alpha value is -1.60. The Labute approximate surface area is 83.0 Å². The van der Waals surface area contributed by atoms with Gasteiger partial charge in [0.15, 0.2) is 5.69 Å². The summed E-state index contributed by atoms with van der Waals surface area (Å²) in [4.78, 5) is 4.00. The van der Waals surface area contributed by atoms with Crippen molar-refractivity contribution in [3.63, 3.8) is 0 Å². The number of hydrogen-bond acceptors (Lipinski definition) is 4. The number of pyridine rings is 1. The summed E-state index contributed by atoms with van der Waals surface area (Å²) < 4.78 is 0. The van der Waals surface area contributed by atoms with Crippen molar-refractivity contribution in [3.8, 4) is 6.07 Å². The number of nitrogens with one attached hydrogen (secondary N) is 2. The lowest BCUT2D eigenvalue weighted by molar-refractivity contribution is 0.338. The minimum atomic E-state index is 0.0641. The highest BCUT2D eigenvalue weighted by Gasteiger charge is 2.31. The van der Waals surface area contributed by atoms with Gasteiger partial charge in [0, 0.05) is 19.3 Å². The van der Waals surface area contributed by atoms with E-state index in [1.807, 2.05) is 12.1 Å². The molecule has 4 heteroatoms. The summed E-state index contributed by atoms with van der Waals surface area (Å²) >= 11 is 0. The van der Waals surface area contributed by atoms with Crippen LogP contribution in [0.15, 0.2) is 18.3 Å². The Morgan fingerprint density at radius 2 is 2.43 bits per heavy atom. The molecule has 1 saturated heterocycles. The largest absolute Gasteiger partial charge is 0.375 e. The fourth-order valence-electron chi connectivity index (χ4n) is 1.51. The second-order valence-corrected chi connectivity index (χ2v) is 3.80. The van der Waals surface area contributed by atoms with Crippen LogP contribution in [0, 0.1) is 11.3 Å². The van der Waals surface area contributed by atoms with E-state index in [0.717, 1.165) is 18.8 Å². The molecule has 2 rings (SSSR count). The molecule has 1 aliphatic heterocycles. The average molecular weight is 188 g/mol. The van der Waals surface area contributed by atoms with Crippen LogP contribution in [0.3, 0.4) is 0 Å². The predicted molar refractivity (Wildman–Crippen MR) is 53.8 cm³/mol. The third-order valence-electron chi connectivity index (χ3n) is 2.38. The van der Waals surface area contributed by atoms with Gasteiger partial charge >= 0.3 is 0 Å². The Balaban J connectivity index is 2.20. The van der Waals surface area contributed by atoms with Crippen LogP contribution >= 0.6 is 0 Å². The Morgan fingerprint density at radius 1 is 1.64 bits per heavy atom. The zero-order chi connectivity index (χ0) is 10.0. The monoisotopic (exact) mass is 188 g/mol. The fourth-order valence-corrected chi connectivity index (χ4v) is 1.51. The van der Waals surface area contributed by atoms with Crippen LogP contribution < -0.4 is 10.6 Å². The van der Waals surface area contributed by atoms with Crippen LogP contribution in [-0.4, -0.2) is 23.6 Å². The molecule has 2 N–H and O–H groups in total. The van der Waals surface area contributed by atoms with Gasteiger partial charge in [-0.2, -0.15) is 5.26 Å². The van der Waals surface area contributed by atoms with Gasteiger partial charge in [0.2, 0.25) is 0 Å². The van der Waals surface area contributed by atoms with Crippen molar-refractivity contribution in [3.05, 3.63) is 24.0 Å². The van der Waals surface area contributed by atoms with Crippen molar-refractivity contribution in [2.24, 2.45) is 0 Å². The molecule has 1 aromatic heterocycles. The molecule has 0 amide bonds. The lowest BCUT2D eigenvalue weighted by Gasteiger charge is -2.40. The van der Waals surface area contributed by atoms with E-state index in [0.29, 0.717) is 5.69 Å². The van der Waals surface area contributed by atoms with Crippen molar-refractivity contribution in [2.45, 2.75) is 12.5 Å². The third-order valence-corrected chi connectivity index (χ3v) is 2.38. The topological polar surface area (TPSA) is 60.7 Å². The normalized spacial score (nSPS) is 18.0. The van der Waals surface area contributed by atoms with Crippen molar-refractivity contribution in [1.82, 2.24) is 10.3 Å². The van der Waals surface area contributed by atoms with Gasteiger partial charge in [-0.15, -0.1) is 0 Å². The van der Waals surface area contributed by atoms with Gasteiger partial charge in [0.1, 0.15) is 6.07 Å². The van der Waals surface area contributed by atoms with Crippen LogP contribution in [0.2, 0.25) is 0 Å². The van der Waals surface area contributed by atoms with Crippen LogP contribution in [0.1, 0.15) is 12.6 Å². The van der Waals surface area contributed by atoms with E-state index in [9.17, 15) is 0 Å². The van der Waals surface area contributed by atoms with Gasteiger partial charge in [-0.1, -0.05) is 0 Å².